The summed E-state index contributed by atoms with van der Waals surface area (Å²) in [6.45, 7) is 6.20. The summed E-state index contributed by atoms with van der Waals surface area (Å²) in [5.74, 6) is 0.397. The average Bonchev–Trinajstić information content (AvgIpc) is 2.45. The Morgan fingerprint density at radius 1 is 1.30 bits per heavy atom. The van der Waals surface area contributed by atoms with Crippen LogP contribution in [-0.2, 0) is 6.42 Å². The number of rotatable bonds is 5. The SMILES string of the molecule is CCc1ccc2[nH]cc(C(=O)CCC(C)C)c(=O)c2c1. The van der Waals surface area contributed by atoms with Gasteiger partial charge in [-0.3, -0.25) is 9.59 Å². The van der Waals surface area contributed by atoms with Gasteiger partial charge in [0.15, 0.2) is 11.2 Å². The number of nitrogens with one attached hydrogen (secondary N) is 1. The minimum atomic E-state index is -0.150. The molecule has 3 nitrogen and oxygen atoms in total. The van der Waals surface area contributed by atoms with Crippen molar-refractivity contribution in [3.05, 3.63) is 45.7 Å². The summed E-state index contributed by atoms with van der Waals surface area (Å²) >= 11 is 0. The van der Waals surface area contributed by atoms with Crippen molar-refractivity contribution < 1.29 is 4.79 Å². The second kappa shape index (κ2) is 6.04. The fraction of sp³-hybridized carbons (Fsp3) is 0.412. The van der Waals surface area contributed by atoms with Crippen molar-refractivity contribution in [2.75, 3.05) is 0 Å². The van der Waals surface area contributed by atoms with E-state index in [0.29, 0.717) is 17.7 Å². The van der Waals surface area contributed by atoms with Crippen LogP contribution in [0.2, 0.25) is 0 Å². The lowest BCUT2D eigenvalue weighted by molar-refractivity contribution is 0.0974. The fourth-order valence-electron chi connectivity index (χ4n) is 2.25. The van der Waals surface area contributed by atoms with Gasteiger partial charge >= 0.3 is 0 Å². The van der Waals surface area contributed by atoms with Crippen LogP contribution in [0.1, 0.15) is 49.5 Å². The zero-order chi connectivity index (χ0) is 14.7. The number of aryl methyl sites for hydroxylation is 1. The number of hydrogen-bond donors (Lipinski definition) is 1. The van der Waals surface area contributed by atoms with Crippen molar-refractivity contribution in [1.29, 1.82) is 0 Å². The van der Waals surface area contributed by atoms with E-state index < -0.39 is 0 Å². The van der Waals surface area contributed by atoms with E-state index in [1.165, 1.54) is 0 Å². The largest absolute Gasteiger partial charge is 0.360 e. The van der Waals surface area contributed by atoms with Crippen molar-refractivity contribution in [3.8, 4) is 0 Å². The molecule has 106 valence electrons. The summed E-state index contributed by atoms with van der Waals surface area (Å²) in [7, 11) is 0. The van der Waals surface area contributed by atoms with Gasteiger partial charge in [0.05, 0.1) is 5.56 Å². The van der Waals surface area contributed by atoms with E-state index in [-0.39, 0.29) is 16.8 Å². The van der Waals surface area contributed by atoms with Crippen molar-refractivity contribution >= 4 is 16.7 Å². The lowest BCUT2D eigenvalue weighted by atomic mass is 10.0. The Bertz CT molecular complexity index is 683. The minimum Gasteiger partial charge on any atom is -0.360 e. The van der Waals surface area contributed by atoms with E-state index in [9.17, 15) is 9.59 Å². The maximum Gasteiger partial charge on any atom is 0.200 e. The topological polar surface area (TPSA) is 49.9 Å². The van der Waals surface area contributed by atoms with Crippen LogP contribution in [0.3, 0.4) is 0 Å². The molecule has 0 aliphatic rings. The van der Waals surface area contributed by atoms with Crippen LogP contribution >= 0.6 is 0 Å². The first-order chi connectivity index (χ1) is 9.52. The summed E-state index contributed by atoms with van der Waals surface area (Å²) in [6, 6.07) is 5.78. The third-order valence-corrected chi connectivity index (χ3v) is 3.60. The lowest BCUT2D eigenvalue weighted by Gasteiger charge is -2.06. The second-order valence-electron chi connectivity index (χ2n) is 5.62. The number of benzene rings is 1. The molecule has 3 heteroatoms. The van der Waals surface area contributed by atoms with Gasteiger partial charge in [-0.15, -0.1) is 0 Å². The molecule has 0 bridgehead atoms. The van der Waals surface area contributed by atoms with E-state index >= 15 is 0 Å². The number of ketones is 1. The summed E-state index contributed by atoms with van der Waals surface area (Å²) in [4.78, 5) is 27.6. The third kappa shape index (κ3) is 2.98. The molecule has 0 aliphatic carbocycles. The van der Waals surface area contributed by atoms with Gasteiger partial charge in [-0.05, 0) is 36.5 Å². The Labute approximate surface area is 119 Å². The number of carbonyl (C=O) groups excluding carboxylic acids is 1. The van der Waals surface area contributed by atoms with Gasteiger partial charge < -0.3 is 4.98 Å². The highest BCUT2D eigenvalue weighted by atomic mass is 16.1. The number of Topliss-reactive ketones (excluding diaryl/α,β-unsaturated/α-hetero) is 1. The van der Waals surface area contributed by atoms with Gasteiger partial charge in [0, 0.05) is 23.5 Å². The predicted octanol–water partition coefficient (Wildman–Crippen LogP) is 3.71. The second-order valence-corrected chi connectivity index (χ2v) is 5.62. The van der Waals surface area contributed by atoms with Crippen LogP contribution in [-0.4, -0.2) is 10.8 Å². The van der Waals surface area contributed by atoms with Gasteiger partial charge in [-0.1, -0.05) is 26.8 Å². The Kier molecular flexibility index (Phi) is 4.38. The Balaban J connectivity index is 2.42. The highest BCUT2D eigenvalue weighted by molar-refractivity contribution is 5.98. The van der Waals surface area contributed by atoms with Gasteiger partial charge in [-0.25, -0.2) is 0 Å². The number of aromatic nitrogens is 1. The van der Waals surface area contributed by atoms with E-state index in [2.05, 4.69) is 18.8 Å². The standard InChI is InChI=1S/C17H21NO2/c1-4-12-6-7-15-13(9-12)17(20)14(10-18-15)16(19)8-5-11(2)3/h6-7,9-11H,4-5,8H2,1-3H3,(H,18,20). The molecular weight excluding hydrogens is 250 g/mol. The molecule has 1 N–H and O–H groups in total. The van der Waals surface area contributed by atoms with E-state index in [4.69, 9.17) is 0 Å². The average molecular weight is 271 g/mol. The molecule has 1 aromatic heterocycles. The molecule has 0 unspecified atom stereocenters. The first-order valence-corrected chi connectivity index (χ1v) is 7.20. The molecule has 0 aliphatic heterocycles. The van der Waals surface area contributed by atoms with Gasteiger partial charge in [0.25, 0.3) is 0 Å². The highest BCUT2D eigenvalue weighted by Gasteiger charge is 2.13. The zero-order valence-electron chi connectivity index (χ0n) is 12.3. The molecular formula is C17H21NO2. The maximum absolute atomic E-state index is 12.4. The first-order valence-electron chi connectivity index (χ1n) is 7.20. The fourth-order valence-corrected chi connectivity index (χ4v) is 2.25. The Morgan fingerprint density at radius 3 is 2.70 bits per heavy atom. The molecule has 2 rings (SSSR count). The smallest absolute Gasteiger partial charge is 0.200 e. The van der Waals surface area contributed by atoms with Crippen molar-refractivity contribution in [1.82, 2.24) is 4.98 Å². The number of carbonyl (C=O) groups is 1. The first kappa shape index (κ1) is 14.5. The molecule has 0 amide bonds. The lowest BCUT2D eigenvalue weighted by Crippen LogP contribution is -2.16. The molecule has 0 spiro atoms. The molecule has 0 saturated carbocycles. The van der Waals surface area contributed by atoms with Crippen LogP contribution in [0, 0.1) is 5.92 Å². The van der Waals surface area contributed by atoms with Gasteiger partial charge in [0.1, 0.15) is 0 Å². The van der Waals surface area contributed by atoms with Crippen molar-refractivity contribution in [2.24, 2.45) is 5.92 Å². The molecule has 0 radical (unpaired) electrons. The van der Waals surface area contributed by atoms with Crippen molar-refractivity contribution in [3.63, 3.8) is 0 Å². The Morgan fingerprint density at radius 2 is 2.05 bits per heavy atom. The molecule has 20 heavy (non-hydrogen) atoms. The number of hydrogen-bond acceptors (Lipinski definition) is 2. The monoisotopic (exact) mass is 271 g/mol. The number of aromatic amines is 1. The van der Waals surface area contributed by atoms with Gasteiger partial charge in [-0.2, -0.15) is 0 Å². The third-order valence-electron chi connectivity index (χ3n) is 3.60. The Hall–Kier alpha value is -1.90. The highest BCUT2D eigenvalue weighted by Crippen LogP contribution is 2.13. The van der Waals surface area contributed by atoms with Crippen LogP contribution < -0.4 is 5.43 Å². The number of fused-ring (bicyclic) bond motifs is 1. The molecule has 0 saturated heterocycles. The van der Waals surface area contributed by atoms with Crippen LogP contribution in [0.25, 0.3) is 10.9 Å². The van der Waals surface area contributed by atoms with Crippen LogP contribution in [0.4, 0.5) is 0 Å². The van der Waals surface area contributed by atoms with E-state index in [1.54, 1.807) is 6.20 Å². The maximum atomic E-state index is 12.4. The molecule has 1 heterocycles. The number of pyridine rings is 1. The predicted molar refractivity (Wildman–Crippen MR) is 82.3 cm³/mol. The normalized spacial score (nSPS) is 11.2. The summed E-state index contributed by atoms with van der Waals surface area (Å²) in [5, 5.41) is 0.611. The van der Waals surface area contributed by atoms with E-state index in [1.807, 2.05) is 25.1 Å². The van der Waals surface area contributed by atoms with Crippen LogP contribution in [0.15, 0.2) is 29.2 Å². The molecule has 0 fully saturated rings. The summed E-state index contributed by atoms with van der Waals surface area (Å²) in [6.07, 6.45) is 3.67. The molecule has 2 aromatic rings. The van der Waals surface area contributed by atoms with E-state index in [0.717, 1.165) is 23.9 Å². The van der Waals surface area contributed by atoms with Crippen molar-refractivity contribution in [2.45, 2.75) is 40.0 Å². The van der Waals surface area contributed by atoms with Gasteiger partial charge in [0.2, 0.25) is 0 Å². The molecule has 1 aromatic carbocycles. The number of H-pyrrole nitrogens is 1. The minimum absolute atomic E-state index is 0.0660. The summed E-state index contributed by atoms with van der Waals surface area (Å²) in [5.41, 5.74) is 2.02. The molecule has 0 atom stereocenters. The quantitative estimate of drug-likeness (QED) is 0.843. The summed E-state index contributed by atoms with van der Waals surface area (Å²) < 4.78 is 0. The van der Waals surface area contributed by atoms with Crippen LogP contribution in [0.5, 0.6) is 0 Å². The zero-order valence-corrected chi connectivity index (χ0v) is 12.3.